The van der Waals surface area contributed by atoms with E-state index < -0.39 is 0 Å². The van der Waals surface area contributed by atoms with Crippen molar-refractivity contribution < 1.29 is 9.47 Å². The third-order valence-electron chi connectivity index (χ3n) is 3.44. The van der Waals surface area contributed by atoms with Gasteiger partial charge in [-0.25, -0.2) is 4.98 Å². The lowest BCUT2D eigenvalue weighted by molar-refractivity contribution is 0.162. The van der Waals surface area contributed by atoms with Gasteiger partial charge in [0.25, 0.3) is 0 Å². The molecule has 0 spiro atoms. The first-order valence-electron chi connectivity index (χ1n) is 7.01. The van der Waals surface area contributed by atoms with Gasteiger partial charge < -0.3 is 15.2 Å². The molecular weight excluding hydrogens is 242 g/mol. The first-order chi connectivity index (χ1) is 9.11. The fraction of sp³-hybridized carbons (Fsp3) is 0.714. The summed E-state index contributed by atoms with van der Waals surface area (Å²) in [6.45, 7) is 4.88. The maximum absolute atomic E-state index is 6.33. The van der Waals surface area contributed by atoms with Crippen molar-refractivity contribution in [2.24, 2.45) is 5.73 Å². The summed E-state index contributed by atoms with van der Waals surface area (Å²) < 4.78 is 11.1. The van der Waals surface area contributed by atoms with Gasteiger partial charge in [-0.1, -0.05) is 19.3 Å². The number of hydrogen-bond acceptors (Lipinski definition) is 5. The summed E-state index contributed by atoms with van der Waals surface area (Å²) in [7, 11) is 0. The Bertz CT molecular complexity index is 417. The molecule has 0 aromatic carbocycles. The van der Waals surface area contributed by atoms with Crippen molar-refractivity contribution in [1.82, 2.24) is 9.97 Å². The van der Waals surface area contributed by atoms with Crippen molar-refractivity contribution in [2.75, 3.05) is 13.2 Å². The van der Waals surface area contributed by atoms with Crippen LogP contribution in [0.1, 0.15) is 44.7 Å². The van der Waals surface area contributed by atoms with E-state index in [2.05, 4.69) is 9.97 Å². The van der Waals surface area contributed by atoms with Gasteiger partial charge in [-0.2, -0.15) is 4.98 Å². The lowest BCUT2D eigenvalue weighted by Gasteiger charge is -2.32. The molecule has 0 unspecified atom stereocenters. The minimum Gasteiger partial charge on any atom is -0.478 e. The third-order valence-corrected chi connectivity index (χ3v) is 3.44. The quantitative estimate of drug-likeness (QED) is 0.884. The Hall–Kier alpha value is -1.36. The van der Waals surface area contributed by atoms with Crippen molar-refractivity contribution in [2.45, 2.75) is 51.5 Å². The molecule has 2 N–H and O–H groups in total. The molecule has 0 saturated heterocycles. The Morgan fingerprint density at radius 2 is 1.95 bits per heavy atom. The SMILES string of the molecule is CCOc1cc(C)nc(OCC2(N)CCCCC2)n1. The van der Waals surface area contributed by atoms with Gasteiger partial charge in [-0.3, -0.25) is 0 Å². The fourth-order valence-corrected chi connectivity index (χ4v) is 2.41. The van der Waals surface area contributed by atoms with Crippen LogP contribution in [0.15, 0.2) is 6.07 Å². The molecule has 0 aliphatic heterocycles. The highest BCUT2D eigenvalue weighted by molar-refractivity contribution is 5.17. The van der Waals surface area contributed by atoms with Crippen molar-refractivity contribution in [3.8, 4) is 11.9 Å². The lowest BCUT2D eigenvalue weighted by atomic mass is 9.83. The molecule has 5 nitrogen and oxygen atoms in total. The van der Waals surface area contributed by atoms with Gasteiger partial charge in [0.15, 0.2) is 0 Å². The second kappa shape index (κ2) is 6.19. The highest BCUT2D eigenvalue weighted by Crippen LogP contribution is 2.26. The van der Waals surface area contributed by atoms with Gasteiger partial charge >= 0.3 is 6.01 Å². The van der Waals surface area contributed by atoms with Crippen LogP contribution >= 0.6 is 0 Å². The molecule has 0 amide bonds. The number of nitrogens with two attached hydrogens (primary N) is 1. The maximum atomic E-state index is 6.33. The molecule has 1 heterocycles. The van der Waals surface area contributed by atoms with E-state index in [1.54, 1.807) is 6.07 Å². The Labute approximate surface area is 114 Å². The van der Waals surface area contributed by atoms with Gasteiger partial charge in [0.2, 0.25) is 5.88 Å². The van der Waals surface area contributed by atoms with Crippen LogP contribution in [0.5, 0.6) is 11.9 Å². The number of nitrogens with zero attached hydrogens (tertiary/aromatic N) is 2. The van der Waals surface area contributed by atoms with Crippen LogP contribution < -0.4 is 15.2 Å². The van der Waals surface area contributed by atoms with Crippen LogP contribution in [-0.2, 0) is 0 Å². The Balaban J connectivity index is 1.98. The third kappa shape index (κ3) is 4.06. The van der Waals surface area contributed by atoms with Gasteiger partial charge in [-0.05, 0) is 26.7 Å². The number of aromatic nitrogens is 2. The normalized spacial score (nSPS) is 18.1. The zero-order valence-electron chi connectivity index (χ0n) is 11.8. The van der Waals surface area contributed by atoms with E-state index in [0.717, 1.165) is 18.5 Å². The molecular formula is C14H23N3O2. The topological polar surface area (TPSA) is 70.3 Å². The van der Waals surface area contributed by atoms with Gasteiger partial charge in [0.05, 0.1) is 12.1 Å². The Kier molecular flexibility index (Phi) is 4.58. The van der Waals surface area contributed by atoms with Crippen LogP contribution in [0, 0.1) is 6.92 Å². The monoisotopic (exact) mass is 265 g/mol. The van der Waals surface area contributed by atoms with E-state index in [4.69, 9.17) is 15.2 Å². The highest BCUT2D eigenvalue weighted by atomic mass is 16.5. The molecule has 2 rings (SSSR count). The van der Waals surface area contributed by atoms with E-state index in [1.807, 2.05) is 13.8 Å². The minimum absolute atomic E-state index is 0.225. The maximum Gasteiger partial charge on any atom is 0.319 e. The average Bonchev–Trinajstić information content (AvgIpc) is 2.37. The van der Waals surface area contributed by atoms with Crippen LogP contribution in [0.25, 0.3) is 0 Å². The van der Waals surface area contributed by atoms with Crippen LogP contribution in [0.2, 0.25) is 0 Å². The average molecular weight is 265 g/mol. The number of ether oxygens (including phenoxy) is 2. The molecule has 1 aromatic rings. The van der Waals surface area contributed by atoms with Crippen LogP contribution in [0.4, 0.5) is 0 Å². The summed E-state index contributed by atoms with van der Waals surface area (Å²) in [4.78, 5) is 8.49. The summed E-state index contributed by atoms with van der Waals surface area (Å²) >= 11 is 0. The Morgan fingerprint density at radius 3 is 2.63 bits per heavy atom. The largest absolute Gasteiger partial charge is 0.478 e. The molecule has 1 fully saturated rings. The first-order valence-corrected chi connectivity index (χ1v) is 7.01. The van der Waals surface area contributed by atoms with Crippen molar-refractivity contribution in [3.05, 3.63) is 11.8 Å². The Morgan fingerprint density at radius 1 is 1.21 bits per heavy atom. The van der Waals surface area contributed by atoms with Crippen molar-refractivity contribution in [1.29, 1.82) is 0 Å². The lowest BCUT2D eigenvalue weighted by Crippen LogP contribution is -2.47. The molecule has 1 aliphatic carbocycles. The second-order valence-corrected chi connectivity index (χ2v) is 5.27. The number of aryl methyl sites for hydroxylation is 1. The second-order valence-electron chi connectivity index (χ2n) is 5.27. The molecule has 0 radical (unpaired) electrons. The van der Waals surface area contributed by atoms with E-state index in [9.17, 15) is 0 Å². The minimum atomic E-state index is -0.225. The van der Waals surface area contributed by atoms with E-state index in [0.29, 0.717) is 25.1 Å². The molecule has 5 heteroatoms. The number of rotatable bonds is 5. The molecule has 106 valence electrons. The summed E-state index contributed by atoms with van der Waals surface area (Å²) in [5, 5.41) is 0. The van der Waals surface area contributed by atoms with Crippen molar-refractivity contribution >= 4 is 0 Å². The summed E-state index contributed by atoms with van der Waals surface area (Å²) in [6.07, 6.45) is 5.65. The summed E-state index contributed by atoms with van der Waals surface area (Å²) in [6, 6.07) is 2.16. The summed E-state index contributed by atoms with van der Waals surface area (Å²) in [5.74, 6) is 0.555. The molecule has 1 saturated carbocycles. The van der Waals surface area contributed by atoms with E-state index in [1.165, 1.54) is 19.3 Å². The predicted molar refractivity (Wildman–Crippen MR) is 73.4 cm³/mol. The smallest absolute Gasteiger partial charge is 0.319 e. The highest BCUT2D eigenvalue weighted by Gasteiger charge is 2.28. The first kappa shape index (κ1) is 14.1. The molecule has 19 heavy (non-hydrogen) atoms. The van der Waals surface area contributed by atoms with E-state index >= 15 is 0 Å². The van der Waals surface area contributed by atoms with Gasteiger partial charge in [0, 0.05) is 11.8 Å². The molecule has 0 bridgehead atoms. The zero-order chi connectivity index (χ0) is 13.7. The molecule has 1 aromatic heterocycles. The summed E-state index contributed by atoms with van der Waals surface area (Å²) in [5.41, 5.74) is 6.94. The van der Waals surface area contributed by atoms with Gasteiger partial charge in [0.1, 0.15) is 6.61 Å². The zero-order valence-corrected chi connectivity index (χ0v) is 11.8. The molecule has 1 aliphatic rings. The van der Waals surface area contributed by atoms with Crippen molar-refractivity contribution in [3.63, 3.8) is 0 Å². The van der Waals surface area contributed by atoms with Crippen LogP contribution in [0.3, 0.4) is 0 Å². The molecule has 0 atom stereocenters. The predicted octanol–water partition coefficient (Wildman–Crippen LogP) is 2.22. The standard InChI is InChI=1S/C14H23N3O2/c1-3-18-12-9-11(2)16-13(17-12)19-10-14(15)7-5-4-6-8-14/h9H,3-8,10,15H2,1-2H3. The van der Waals surface area contributed by atoms with Crippen LogP contribution in [-0.4, -0.2) is 28.7 Å². The van der Waals surface area contributed by atoms with E-state index in [-0.39, 0.29) is 5.54 Å². The number of hydrogen-bond donors (Lipinski definition) is 1. The van der Waals surface area contributed by atoms with Gasteiger partial charge in [-0.15, -0.1) is 0 Å². The fourth-order valence-electron chi connectivity index (χ4n) is 2.41.